The van der Waals surface area contributed by atoms with Gasteiger partial charge in [-0.05, 0) is 84.5 Å². The first-order valence-corrected chi connectivity index (χ1v) is 13.1. The number of amides is 2. The highest BCUT2D eigenvalue weighted by atomic mass is 32.1. The van der Waals surface area contributed by atoms with Crippen LogP contribution in [0.5, 0.6) is 28.7 Å². The Balaban J connectivity index is 1.30. The van der Waals surface area contributed by atoms with Crippen molar-refractivity contribution in [1.82, 2.24) is 5.32 Å². The summed E-state index contributed by atoms with van der Waals surface area (Å²) in [4.78, 5) is 39.6. The van der Waals surface area contributed by atoms with Gasteiger partial charge >= 0.3 is 5.97 Å². The molecule has 0 spiro atoms. The van der Waals surface area contributed by atoms with E-state index >= 15 is 0 Å². The van der Waals surface area contributed by atoms with Crippen molar-refractivity contribution in [1.29, 1.82) is 0 Å². The summed E-state index contributed by atoms with van der Waals surface area (Å²) in [5.74, 6) is 0.410. The first-order chi connectivity index (χ1) is 20.4. The van der Waals surface area contributed by atoms with E-state index in [1.165, 1.54) is 18.1 Å². The molecule has 2 amide bonds. The van der Waals surface area contributed by atoms with Crippen LogP contribution >= 0.6 is 12.2 Å². The Hall–Kier alpha value is -5.48. The van der Waals surface area contributed by atoms with Crippen molar-refractivity contribution in [2.75, 3.05) is 18.6 Å². The Kier molecular flexibility index (Phi) is 8.55. The summed E-state index contributed by atoms with van der Waals surface area (Å²) in [7, 11) is 1.44. The number of para-hydroxylation sites is 2. The molecule has 9 nitrogen and oxygen atoms in total. The SMILES string of the molecule is COc1cc(/C=C2\C(=O)NC(=S)N(c3ccc(Oc4ccccc4)cc3)C2=O)ccc1OCC(=O)Oc1ccccc1. The zero-order valence-corrected chi connectivity index (χ0v) is 23.1. The minimum absolute atomic E-state index is 0.0393. The molecule has 5 rings (SSSR count). The average molecular weight is 581 g/mol. The number of carbonyl (C=O) groups excluding carboxylic acids is 3. The number of ether oxygens (including phenoxy) is 4. The molecule has 210 valence electrons. The topological polar surface area (TPSA) is 103 Å². The van der Waals surface area contributed by atoms with E-state index in [0.29, 0.717) is 34.2 Å². The summed E-state index contributed by atoms with van der Waals surface area (Å²) >= 11 is 5.31. The van der Waals surface area contributed by atoms with Crippen LogP contribution in [-0.4, -0.2) is 36.6 Å². The molecule has 1 N–H and O–H groups in total. The van der Waals surface area contributed by atoms with Crippen LogP contribution in [0.3, 0.4) is 0 Å². The molecule has 0 aliphatic carbocycles. The van der Waals surface area contributed by atoms with Gasteiger partial charge in [-0.15, -0.1) is 0 Å². The molecular formula is C32H24N2O7S. The van der Waals surface area contributed by atoms with Crippen LogP contribution in [0.1, 0.15) is 5.56 Å². The molecule has 0 atom stereocenters. The third-order valence-corrected chi connectivity index (χ3v) is 6.28. The maximum Gasteiger partial charge on any atom is 0.349 e. The van der Waals surface area contributed by atoms with Crippen LogP contribution in [0.4, 0.5) is 5.69 Å². The van der Waals surface area contributed by atoms with E-state index in [9.17, 15) is 14.4 Å². The van der Waals surface area contributed by atoms with Gasteiger partial charge in [0.1, 0.15) is 22.8 Å². The molecule has 1 heterocycles. The molecule has 10 heteroatoms. The van der Waals surface area contributed by atoms with Gasteiger partial charge in [0, 0.05) is 0 Å². The van der Waals surface area contributed by atoms with Gasteiger partial charge in [0.05, 0.1) is 12.8 Å². The maximum absolute atomic E-state index is 13.4. The second-order valence-electron chi connectivity index (χ2n) is 8.85. The Morgan fingerprint density at radius 2 is 1.48 bits per heavy atom. The highest BCUT2D eigenvalue weighted by Crippen LogP contribution is 2.31. The maximum atomic E-state index is 13.4. The van der Waals surface area contributed by atoms with E-state index in [1.54, 1.807) is 66.7 Å². The van der Waals surface area contributed by atoms with E-state index in [4.69, 9.17) is 31.2 Å². The zero-order valence-electron chi connectivity index (χ0n) is 22.3. The van der Waals surface area contributed by atoms with Gasteiger partial charge in [-0.3, -0.25) is 19.8 Å². The van der Waals surface area contributed by atoms with Crippen molar-refractivity contribution < 1.29 is 33.3 Å². The van der Waals surface area contributed by atoms with Gasteiger partial charge in [-0.2, -0.15) is 0 Å². The van der Waals surface area contributed by atoms with E-state index < -0.39 is 17.8 Å². The lowest BCUT2D eigenvalue weighted by atomic mass is 10.1. The smallest absolute Gasteiger partial charge is 0.349 e. The van der Waals surface area contributed by atoms with Gasteiger partial charge in [0.2, 0.25) is 0 Å². The normalized spacial score (nSPS) is 13.9. The zero-order chi connectivity index (χ0) is 29.5. The van der Waals surface area contributed by atoms with E-state index in [-0.39, 0.29) is 23.0 Å². The molecule has 0 radical (unpaired) electrons. The van der Waals surface area contributed by atoms with Gasteiger partial charge in [0.25, 0.3) is 11.8 Å². The Morgan fingerprint density at radius 3 is 2.14 bits per heavy atom. The van der Waals surface area contributed by atoms with Crippen LogP contribution in [0, 0.1) is 0 Å². The molecule has 4 aromatic rings. The fourth-order valence-electron chi connectivity index (χ4n) is 4.03. The van der Waals surface area contributed by atoms with E-state index in [1.807, 2.05) is 36.4 Å². The third-order valence-electron chi connectivity index (χ3n) is 5.99. The molecule has 1 aliphatic heterocycles. The summed E-state index contributed by atoms with van der Waals surface area (Å²) in [6, 6.07) is 29.5. The number of benzene rings is 4. The molecule has 0 bridgehead atoms. The van der Waals surface area contributed by atoms with Crippen molar-refractivity contribution in [2.24, 2.45) is 0 Å². The molecule has 0 aromatic heterocycles. The van der Waals surface area contributed by atoms with Gasteiger partial charge in [-0.25, -0.2) is 4.79 Å². The number of anilines is 1. The fraction of sp³-hybridized carbons (Fsp3) is 0.0625. The number of hydrogen-bond donors (Lipinski definition) is 1. The second kappa shape index (κ2) is 12.8. The third kappa shape index (κ3) is 6.62. The number of hydrogen-bond acceptors (Lipinski definition) is 8. The van der Waals surface area contributed by atoms with Crippen molar-refractivity contribution >= 4 is 46.9 Å². The summed E-state index contributed by atoms with van der Waals surface area (Å²) in [6.45, 7) is -0.353. The van der Waals surface area contributed by atoms with Gasteiger partial charge in [-0.1, -0.05) is 42.5 Å². The van der Waals surface area contributed by atoms with Crippen molar-refractivity contribution in [3.05, 3.63) is 114 Å². The van der Waals surface area contributed by atoms with Crippen LogP contribution < -0.4 is 29.2 Å². The highest BCUT2D eigenvalue weighted by Gasteiger charge is 2.34. The number of thiocarbonyl (C=S) groups is 1. The molecule has 0 saturated carbocycles. The number of methoxy groups -OCH3 is 1. The lowest BCUT2D eigenvalue weighted by Crippen LogP contribution is -2.54. The number of nitrogens with zero attached hydrogens (tertiary/aromatic N) is 1. The van der Waals surface area contributed by atoms with Gasteiger partial charge < -0.3 is 18.9 Å². The van der Waals surface area contributed by atoms with Crippen LogP contribution in [0.2, 0.25) is 0 Å². The lowest BCUT2D eigenvalue weighted by Gasteiger charge is -2.29. The standard InChI is InChI=1S/C32H24N2O7S/c1-38-28-19-21(12-17-27(28)39-20-29(35)41-24-10-6-3-7-11-24)18-26-30(36)33-32(42)34(31(26)37)22-13-15-25(16-14-22)40-23-8-4-2-5-9-23/h2-19H,20H2,1H3,(H,33,36,42)/b26-18+. The number of carbonyl (C=O) groups is 3. The van der Waals surface area contributed by atoms with Crippen molar-refractivity contribution in [3.8, 4) is 28.7 Å². The Labute approximate surface area is 246 Å². The summed E-state index contributed by atoms with van der Waals surface area (Å²) in [5, 5.41) is 2.53. The Bertz CT molecular complexity index is 1660. The summed E-state index contributed by atoms with van der Waals surface area (Å²) < 4.78 is 22.0. The number of esters is 1. The van der Waals surface area contributed by atoms with Gasteiger partial charge in [0.15, 0.2) is 23.2 Å². The molecule has 1 fully saturated rings. The van der Waals surface area contributed by atoms with Crippen molar-refractivity contribution in [2.45, 2.75) is 0 Å². The van der Waals surface area contributed by atoms with E-state index in [2.05, 4.69) is 5.32 Å². The first kappa shape index (κ1) is 28.1. The lowest BCUT2D eigenvalue weighted by molar-refractivity contribution is -0.136. The number of rotatable bonds is 9. The molecule has 0 unspecified atom stereocenters. The van der Waals surface area contributed by atoms with E-state index in [0.717, 1.165) is 0 Å². The molecular weight excluding hydrogens is 556 g/mol. The predicted octanol–water partition coefficient (Wildman–Crippen LogP) is 5.30. The largest absolute Gasteiger partial charge is 0.493 e. The fourth-order valence-corrected chi connectivity index (χ4v) is 4.31. The first-order valence-electron chi connectivity index (χ1n) is 12.7. The predicted molar refractivity (Wildman–Crippen MR) is 160 cm³/mol. The van der Waals surface area contributed by atoms with Crippen LogP contribution in [0.25, 0.3) is 6.08 Å². The van der Waals surface area contributed by atoms with Crippen LogP contribution in [0.15, 0.2) is 109 Å². The minimum Gasteiger partial charge on any atom is -0.493 e. The second-order valence-corrected chi connectivity index (χ2v) is 9.24. The molecule has 4 aromatic carbocycles. The van der Waals surface area contributed by atoms with Crippen LogP contribution in [-0.2, 0) is 14.4 Å². The quantitative estimate of drug-likeness (QED) is 0.0935. The summed E-state index contributed by atoms with van der Waals surface area (Å²) in [6.07, 6.45) is 1.43. The number of nitrogens with one attached hydrogen (secondary N) is 1. The molecule has 42 heavy (non-hydrogen) atoms. The minimum atomic E-state index is -0.631. The molecule has 1 saturated heterocycles. The Morgan fingerprint density at radius 1 is 0.833 bits per heavy atom. The molecule has 1 aliphatic rings. The average Bonchev–Trinajstić information content (AvgIpc) is 3.00. The highest BCUT2D eigenvalue weighted by molar-refractivity contribution is 7.80. The summed E-state index contributed by atoms with van der Waals surface area (Å²) in [5.41, 5.74) is 0.819. The monoisotopic (exact) mass is 580 g/mol. The van der Waals surface area contributed by atoms with Crippen molar-refractivity contribution in [3.63, 3.8) is 0 Å².